The van der Waals surface area contributed by atoms with Gasteiger partial charge in [0.2, 0.25) is 0 Å². The van der Waals surface area contributed by atoms with Crippen LogP contribution in [0.3, 0.4) is 0 Å². The van der Waals surface area contributed by atoms with E-state index in [9.17, 15) is 14.7 Å². The molecule has 0 saturated carbocycles. The number of amides is 1. The minimum absolute atomic E-state index is 0. The predicted molar refractivity (Wildman–Crippen MR) is 137 cm³/mol. The van der Waals surface area contributed by atoms with E-state index in [1.165, 1.54) is 17.3 Å². The Morgan fingerprint density at radius 1 is 0.912 bits per heavy atom. The van der Waals surface area contributed by atoms with Crippen molar-refractivity contribution in [2.24, 2.45) is 0 Å². The normalized spacial score (nSPS) is 11.4. The molecule has 0 saturated heterocycles. The Hall–Kier alpha value is -2.10. The fourth-order valence-electron chi connectivity index (χ4n) is 3.56. The Labute approximate surface area is 222 Å². The molecule has 4 nitrogen and oxygen atoms in total. The maximum Gasteiger partial charge on any atom is 1.00 e. The molecule has 1 N–H and O–H groups in total. The number of rotatable bonds is 11. The number of carbonyl (C=O) groups excluding carboxylic acids is 2. The van der Waals surface area contributed by atoms with Crippen LogP contribution < -0.4 is 29.3 Å². The summed E-state index contributed by atoms with van der Waals surface area (Å²) in [6, 6.07) is 23.0. The molecule has 0 fully saturated rings. The van der Waals surface area contributed by atoms with Crippen molar-refractivity contribution in [3.63, 3.8) is 0 Å². The fourth-order valence-corrected chi connectivity index (χ4v) is 4.98. The summed E-state index contributed by atoms with van der Waals surface area (Å²) >= 11 is 3.35. The topological polar surface area (TPSA) is 69.2 Å². The summed E-state index contributed by atoms with van der Waals surface area (Å²) in [6.45, 7) is 2.01. The summed E-state index contributed by atoms with van der Waals surface area (Å²) in [5, 5.41) is 14.2. The van der Waals surface area contributed by atoms with Gasteiger partial charge in [0.05, 0.1) is 12.0 Å². The van der Waals surface area contributed by atoms with Gasteiger partial charge in [-0.3, -0.25) is 4.79 Å². The largest absolute Gasteiger partial charge is 1.00 e. The Kier molecular flexibility index (Phi) is 11.9. The molecular formula is C27H28LiNO3S2. The van der Waals surface area contributed by atoms with Crippen LogP contribution in [0.15, 0.2) is 72.8 Å². The molecule has 1 amide bonds. The van der Waals surface area contributed by atoms with Crippen molar-refractivity contribution in [2.45, 2.75) is 30.9 Å². The third kappa shape index (κ3) is 7.99. The third-order valence-corrected chi connectivity index (χ3v) is 7.06. The van der Waals surface area contributed by atoms with Crippen molar-refractivity contribution in [1.82, 2.24) is 5.32 Å². The van der Waals surface area contributed by atoms with E-state index in [4.69, 9.17) is 0 Å². The molecule has 0 aromatic heterocycles. The van der Waals surface area contributed by atoms with Gasteiger partial charge in [0.25, 0.3) is 5.91 Å². The van der Waals surface area contributed by atoms with E-state index in [1.54, 1.807) is 6.07 Å². The molecule has 172 valence electrons. The summed E-state index contributed by atoms with van der Waals surface area (Å²) in [5.41, 5.74) is 5.69. The van der Waals surface area contributed by atoms with E-state index in [0.717, 1.165) is 33.8 Å². The quantitative estimate of drug-likeness (QED) is 0.419. The van der Waals surface area contributed by atoms with Gasteiger partial charge in [0.1, 0.15) is 0 Å². The number of benzene rings is 3. The van der Waals surface area contributed by atoms with Crippen LogP contribution in [0.25, 0.3) is 11.1 Å². The molecule has 0 unspecified atom stereocenters. The second-order valence-corrected chi connectivity index (χ2v) is 9.77. The Morgan fingerprint density at radius 3 is 2.26 bits per heavy atom. The van der Waals surface area contributed by atoms with E-state index in [-0.39, 0.29) is 18.9 Å². The first kappa shape index (κ1) is 28.1. The standard InChI is InChI=1S/C27H29NO3S2.Li/c1-19-8-6-7-11-22(19)24-16-21(18-33-17-20-9-4-3-5-10-20)12-13-23(24)26(29)28-25(27(30)31)14-15-32-2;/h3-13,16,25H,14-15,17-18H2,1-2H3,(H,28,29)(H,30,31);/q;+1/p-1/t25-;/m0./s1. The van der Waals surface area contributed by atoms with Crippen LogP contribution >= 0.6 is 23.5 Å². The second-order valence-electron chi connectivity index (χ2n) is 7.80. The molecule has 0 heterocycles. The van der Waals surface area contributed by atoms with Crippen LogP contribution in [0.2, 0.25) is 0 Å². The van der Waals surface area contributed by atoms with Gasteiger partial charge in [-0.05, 0) is 65.3 Å². The molecule has 0 aliphatic rings. The molecule has 34 heavy (non-hydrogen) atoms. The zero-order valence-corrected chi connectivity index (χ0v) is 21.5. The van der Waals surface area contributed by atoms with Gasteiger partial charge in [0, 0.05) is 17.1 Å². The van der Waals surface area contributed by atoms with Gasteiger partial charge in [-0.15, -0.1) is 0 Å². The summed E-state index contributed by atoms with van der Waals surface area (Å²) in [6.07, 6.45) is 2.22. The summed E-state index contributed by atoms with van der Waals surface area (Å²) in [5.74, 6) is 0.688. The second kappa shape index (κ2) is 14.3. The van der Waals surface area contributed by atoms with Crippen LogP contribution in [0.4, 0.5) is 0 Å². The maximum atomic E-state index is 13.1. The first-order valence-corrected chi connectivity index (χ1v) is 13.4. The molecule has 0 radical (unpaired) electrons. The smallest absolute Gasteiger partial charge is 0.548 e. The first-order chi connectivity index (χ1) is 16.0. The number of carboxylic acids is 1. The van der Waals surface area contributed by atoms with Crippen molar-refractivity contribution in [3.05, 3.63) is 95.1 Å². The van der Waals surface area contributed by atoms with E-state index in [1.807, 2.05) is 79.5 Å². The Balaban J connectivity index is 0.00000408. The van der Waals surface area contributed by atoms with Gasteiger partial charge < -0.3 is 15.2 Å². The minimum Gasteiger partial charge on any atom is -0.548 e. The summed E-state index contributed by atoms with van der Waals surface area (Å²) in [7, 11) is 0. The van der Waals surface area contributed by atoms with Gasteiger partial charge in [-0.25, -0.2) is 0 Å². The molecule has 3 rings (SSSR count). The van der Waals surface area contributed by atoms with Gasteiger partial charge in [-0.2, -0.15) is 23.5 Å². The van der Waals surface area contributed by atoms with Crippen LogP contribution in [0.1, 0.15) is 33.5 Å². The van der Waals surface area contributed by atoms with E-state index in [0.29, 0.717) is 17.7 Å². The zero-order valence-electron chi connectivity index (χ0n) is 19.9. The Bertz CT molecular complexity index is 1090. The molecular weight excluding hydrogens is 457 g/mol. The monoisotopic (exact) mass is 485 g/mol. The van der Waals surface area contributed by atoms with E-state index >= 15 is 0 Å². The van der Waals surface area contributed by atoms with Crippen LogP contribution in [0.5, 0.6) is 0 Å². The molecule has 0 bridgehead atoms. The third-order valence-electron chi connectivity index (χ3n) is 5.34. The fraction of sp³-hybridized carbons (Fsp3) is 0.259. The van der Waals surface area contributed by atoms with E-state index in [2.05, 4.69) is 17.4 Å². The molecule has 0 spiro atoms. The van der Waals surface area contributed by atoms with Crippen LogP contribution in [-0.4, -0.2) is 29.9 Å². The molecule has 7 heteroatoms. The summed E-state index contributed by atoms with van der Waals surface area (Å²) < 4.78 is 0. The van der Waals surface area contributed by atoms with Crippen molar-refractivity contribution in [2.75, 3.05) is 12.0 Å². The maximum absolute atomic E-state index is 13.1. The molecule has 0 aliphatic carbocycles. The summed E-state index contributed by atoms with van der Waals surface area (Å²) in [4.78, 5) is 24.7. The number of thioether (sulfide) groups is 2. The molecule has 3 aromatic carbocycles. The number of hydrogen-bond acceptors (Lipinski definition) is 5. The number of carbonyl (C=O) groups is 2. The number of carboxylic acid groups (broad SMARTS) is 1. The zero-order chi connectivity index (χ0) is 23.6. The average molecular weight is 486 g/mol. The van der Waals surface area contributed by atoms with Crippen molar-refractivity contribution >= 4 is 35.4 Å². The SMILES string of the molecule is CSCC[C@H](NC(=O)c1ccc(CSCc2ccccc2)cc1-c1ccccc1C)C(=O)[O-].[Li+]. The average Bonchev–Trinajstić information content (AvgIpc) is 2.82. The van der Waals surface area contributed by atoms with Gasteiger partial charge in [0.15, 0.2) is 0 Å². The molecule has 0 aliphatic heterocycles. The van der Waals surface area contributed by atoms with Crippen molar-refractivity contribution < 1.29 is 33.6 Å². The van der Waals surface area contributed by atoms with Crippen LogP contribution in [-0.2, 0) is 16.3 Å². The molecule has 1 atom stereocenters. The van der Waals surface area contributed by atoms with Crippen molar-refractivity contribution in [1.29, 1.82) is 0 Å². The van der Waals surface area contributed by atoms with E-state index < -0.39 is 17.9 Å². The van der Waals surface area contributed by atoms with Gasteiger partial charge >= 0.3 is 18.9 Å². The van der Waals surface area contributed by atoms with Crippen LogP contribution in [0, 0.1) is 6.92 Å². The first-order valence-electron chi connectivity index (χ1n) is 10.8. The predicted octanol–water partition coefficient (Wildman–Crippen LogP) is 1.70. The number of nitrogens with one attached hydrogen (secondary N) is 1. The Morgan fingerprint density at radius 2 is 1.59 bits per heavy atom. The number of aliphatic carboxylic acids is 1. The van der Waals surface area contributed by atoms with Crippen molar-refractivity contribution in [3.8, 4) is 11.1 Å². The molecule has 3 aromatic rings. The van der Waals surface area contributed by atoms with Gasteiger partial charge in [-0.1, -0.05) is 60.7 Å². The number of aryl methyl sites for hydroxylation is 1. The number of hydrogen-bond donors (Lipinski definition) is 1. The minimum atomic E-state index is -1.26.